The monoisotopic (exact) mass is 482 g/mol. The molecule has 6 heteroatoms. The highest BCUT2D eigenvalue weighted by atomic mass is 16.5. The van der Waals surface area contributed by atoms with Crippen molar-refractivity contribution < 1.29 is 29.2 Å². The van der Waals surface area contributed by atoms with Crippen LogP contribution in [-0.2, 0) is 12.8 Å². The Morgan fingerprint density at radius 1 is 0.800 bits per heavy atom. The zero-order chi connectivity index (χ0) is 24.5. The second-order valence-corrected chi connectivity index (χ2v) is 10.5. The zero-order valence-electron chi connectivity index (χ0n) is 22.0. The van der Waals surface area contributed by atoms with Gasteiger partial charge in [-0.3, -0.25) is 0 Å². The summed E-state index contributed by atoms with van der Waals surface area (Å²) in [6.45, 7) is 6.00. The van der Waals surface area contributed by atoms with E-state index in [0.29, 0.717) is 18.0 Å². The van der Waals surface area contributed by atoms with E-state index < -0.39 is 0 Å². The summed E-state index contributed by atoms with van der Waals surface area (Å²) in [6, 6.07) is 9.95. The van der Waals surface area contributed by atoms with Crippen LogP contribution in [0.25, 0.3) is 0 Å². The third-order valence-corrected chi connectivity index (χ3v) is 8.95. The van der Waals surface area contributed by atoms with E-state index in [0.717, 1.165) is 48.3 Å². The number of quaternary nitrogens is 2. The molecule has 2 aromatic carbocycles. The molecule has 3 N–H and O–H groups in total. The van der Waals surface area contributed by atoms with Crippen molar-refractivity contribution in [2.75, 3.05) is 48.1 Å². The standard InChI is InChI=1S/C29H40N2O4/c1-6-18-17-31-10-8-20-14-27(33-3)29(35-5)16-23(20)25(31)12-21(18)11-24-22-15-28(34-4)26(32-2)13-19(22)7-9-30-24/h13-16,18,21,24-25,30H,6-12,17H2,1-5H3/p+2/t18-,21+,24+,25+/m1/s1. The molecule has 190 valence electrons. The molecule has 1 saturated heterocycles. The highest BCUT2D eigenvalue weighted by molar-refractivity contribution is 5.50. The second kappa shape index (κ2) is 10.3. The number of nitrogens with two attached hydrogens (primary N) is 1. The summed E-state index contributed by atoms with van der Waals surface area (Å²) < 4.78 is 22.6. The van der Waals surface area contributed by atoms with Gasteiger partial charge in [0, 0.05) is 42.7 Å². The fourth-order valence-corrected chi connectivity index (χ4v) is 7.08. The second-order valence-electron chi connectivity index (χ2n) is 10.5. The normalized spacial score (nSPS) is 27.3. The van der Waals surface area contributed by atoms with Crippen molar-refractivity contribution in [2.45, 2.75) is 51.1 Å². The smallest absolute Gasteiger partial charge is 0.161 e. The number of methoxy groups -OCH3 is 4. The molecule has 0 aromatic heterocycles. The van der Waals surface area contributed by atoms with Gasteiger partial charge in [-0.15, -0.1) is 0 Å². The summed E-state index contributed by atoms with van der Waals surface area (Å²) in [7, 11) is 6.94. The molecule has 3 aliphatic heterocycles. The maximum absolute atomic E-state index is 5.69. The fraction of sp³-hybridized carbons (Fsp3) is 0.586. The highest BCUT2D eigenvalue weighted by Crippen LogP contribution is 2.42. The average molecular weight is 483 g/mol. The van der Waals surface area contributed by atoms with E-state index in [1.807, 2.05) is 0 Å². The van der Waals surface area contributed by atoms with Crippen molar-refractivity contribution in [2.24, 2.45) is 11.8 Å². The average Bonchev–Trinajstić information content (AvgIpc) is 2.91. The Balaban J connectivity index is 1.43. The Hall–Kier alpha value is -2.44. The van der Waals surface area contributed by atoms with Crippen LogP contribution in [0.5, 0.6) is 23.0 Å². The molecule has 5 atom stereocenters. The summed E-state index contributed by atoms with van der Waals surface area (Å²) >= 11 is 0. The minimum atomic E-state index is 0.479. The number of benzene rings is 2. The van der Waals surface area contributed by atoms with Crippen molar-refractivity contribution in [3.8, 4) is 23.0 Å². The first kappa shape index (κ1) is 24.3. The van der Waals surface area contributed by atoms with Gasteiger partial charge in [-0.05, 0) is 47.7 Å². The predicted octanol–water partition coefficient (Wildman–Crippen LogP) is 2.50. The van der Waals surface area contributed by atoms with Gasteiger partial charge in [0.1, 0.15) is 12.1 Å². The van der Waals surface area contributed by atoms with Gasteiger partial charge in [-0.2, -0.15) is 0 Å². The van der Waals surface area contributed by atoms with Crippen LogP contribution in [0, 0.1) is 11.8 Å². The molecule has 35 heavy (non-hydrogen) atoms. The van der Waals surface area contributed by atoms with Crippen molar-refractivity contribution in [3.05, 3.63) is 46.5 Å². The van der Waals surface area contributed by atoms with Crippen LogP contribution < -0.4 is 29.2 Å². The van der Waals surface area contributed by atoms with E-state index >= 15 is 0 Å². The number of rotatable bonds is 7. The summed E-state index contributed by atoms with van der Waals surface area (Å²) in [4.78, 5) is 1.76. The van der Waals surface area contributed by atoms with Gasteiger partial charge in [0.2, 0.25) is 0 Å². The molecule has 6 nitrogen and oxygen atoms in total. The fourth-order valence-electron chi connectivity index (χ4n) is 7.08. The van der Waals surface area contributed by atoms with Crippen LogP contribution in [0.2, 0.25) is 0 Å². The van der Waals surface area contributed by atoms with E-state index in [4.69, 9.17) is 18.9 Å². The predicted molar refractivity (Wildman–Crippen MR) is 136 cm³/mol. The van der Waals surface area contributed by atoms with E-state index in [1.54, 1.807) is 33.3 Å². The van der Waals surface area contributed by atoms with Crippen LogP contribution in [-0.4, -0.2) is 48.1 Å². The molecular weight excluding hydrogens is 440 g/mol. The molecule has 0 radical (unpaired) electrons. The largest absolute Gasteiger partial charge is 0.493 e. The molecule has 2 aromatic rings. The lowest BCUT2D eigenvalue weighted by atomic mass is 9.72. The molecule has 5 rings (SSSR count). The first-order chi connectivity index (χ1) is 17.1. The minimum absolute atomic E-state index is 0.479. The number of piperidine rings is 1. The van der Waals surface area contributed by atoms with Crippen LogP contribution in [0.1, 0.15) is 60.5 Å². The molecule has 0 amide bonds. The number of hydrogen-bond acceptors (Lipinski definition) is 4. The summed E-state index contributed by atoms with van der Waals surface area (Å²) in [6.07, 6.45) is 5.92. The van der Waals surface area contributed by atoms with Gasteiger partial charge in [0.15, 0.2) is 23.0 Å². The lowest BCUT2D eigenvalue weighted by Crippen LogP contribution is -3.15. The lowest BCUT2D eigenvalue weighted by Gasteiger charge is -2.45. The topological polar surface area (TPSA) is 58.0 Å². The molecule has 0 bridgehead atoms. The van der Waals surface area contributed by atoms with E-state index in [-0.39, 0.29) is 0 Å². The van der Waals surface area contributed by atoms with Crippen LogP contribution in [0.15, 0.2) is 24.3 Å². The maximum Gasteiger partial charge on any atom is 0.161 e. The Morgan fingerprint density at radius 2 is 1.40 bits per heavy atom. The van der Waals surface area contributed by atoms with Gasteiger partial charge < -0.3 is 29.2 Å². The zero-order valence-corrected chi connectivity index (χ0v) is 22.0. The van der Waals surface area contributed by atoms with Crippen molar-refractivity contribution in [3.63, 3.8) is 0 Å². The van der Waals surface area contributed by atoms with Gasteiger partial charge >= 0.3 is 0 Å². The van der Waals surface area contributed by atoms with Crippen molar-refractivity contribution in [1.82, 2.24) is 0 Å². The summed E-state index contributed by atoms with van der Waals surface area (Å²) in [5, 5.41) is 2.56. The third-order valence-electron chi connectivity index (χ3n) is 8.95. The lowest BCUT2D eigenvalue weighted by molar-refractivity contribution is -0.944. The van der Waals surface area contributed by atoms with Crippen molar-refractivity contribution in [1.29, 1.82) is 0 Å². The van der Waals surface area contributed by atoms with E-state index in [1.165, 1.54) is 54.6 Å². The maximum atomic E-state index is 5.69. The molecule has 0 saturated carbocycles. The number of fused-ring (bicyclic) bond motifs is 4. The molecule has 0 aliphatic carbocycles. The van der Waals surface area contributed by atoms with Crippen molar-refractivity contribution >= 4 is 0 Å². The SMILES string of the molecule is CC[C@@H]1C[NH+]2CCc3cc(OC)c(OC)cc3[C@@H]2C[C@@H]1C[C@@H]1[NH2+]CCc2cc(OC)c(OC)cc21. The quantitative estimate of drug-likeness (QED) is 0.637. The number of nitrogens with one attached hydrogen (secondary N) is 1. The molecule has 1 unspecified atom stereocenters. The van der Waals surface area contributed by atoms with Crippen LogP contribution in [0.3, 0.4) is 0 Å². The van der Waals surface area contributed by atoms with Gasteiger partial charge in [0.25, 0.3) is 0 Å². The molecular formula is C29H42N2O4+2. The molecule has 3 heterocycles. The molecule has 1 fully saturated rings. The van der Waals surface area contributed by atoms with Crippen LogP contribution >= 0.6 is 0 Å². The number of hydrogen-bond donors (Lipinski definition) is 2. The minimum Gasteiger partial charge on any atom is -0.493 e. The number of ether oxygens (including phenoxy) is 4. The molecule has 3 aliphatic rings. The Bertz CT molecular complexity index is 1050. The van der Waals surface area contributed by atoms with E-state index in [2.05, 4.69) is 36.5 Å². The Labute approximate surface area is 209 Å². The van der Waals surface area contributed by atoms with Crippen LogP contribution in [0.4, 0.5) is 0 Å². The first-order valence-electron chi connectivity index (χ1n) is 13.3. The highest BCUT2D eigenvalue weighted by Gasteiger charge is 2.43. The van der Waals surface area contributed by atoms with Gasteiger partial charge in [-0.1, -0.05) is 6.92 Å². The van der Waals surface area contributed by atoms with Gasteiger partial charge in [0.05, 0.1) is 48.1 Å². The Kier molecular flexibility index (Phi) is 7.12. The Morgan fingerprint density at radius 3 is 2.03 bits per heavy atom. The first-order valence-corrected chi connectivity index (χ1v) is 13.3. The third kappa shape index (κ3) is 4.47. The van der Waals surface area contributed by atoms with Gasteiger partial charge in [-0.25, -0.2) is 0 Å². The summed E-state index contributed by atoms with van der Waals surface area (Å²) in [5.41, 5.74) is 5.78. The van der Waals surface area contributed by atoms with E-state index in [9.17, 15) is 0 Å². The molecule has 0 spiro atoms. The summed E-state index contributed by atoms with van der Waals surface area (Å²) in [5.74, 6) is 4.87.